The number of amides is 1. The number of rotatable bonds is 4. The molecular formula is C16H20N3O4+. The minimum absolute atomic E-state index is 0.0643. The molecule has 3 N–H and O–H groups in total. The van der Waals surface area contributed by atoms with Crippen LogP contribution in [0.4, 0.5) is 5.69 Å². The monoisotopic (exact) mass is 318 g/mol. The number of cyclic esters (lactones) is 1. The first-order chi connectivity index (χ1) is 11.1. The van der Waals surface area contributed by atoms with E-state index in [0.717, 1.165) is 18.7 Å². The molecule has 0 radical (unpaired) electrons. The van der Waals surface area contributed by atoms with Crippen LogP contribution in [-0.4, -0.2) is 57.0 Å². The summed E-state index contributed by atoms with van der Waals surface area (Å²) in [6.07, 6.45) is 0. The molecule has 1 amide bonds. The van der Waals surface area contributed by atoms with Gasteiger partial charge in [0.15, 0.2) is 6.54 Å². The molecule has 2 aliphatic rings. The van der Waals surface area contributed by atoms with Gasteiger partial charge < -0.3 is 19.7 Å². The molecule has 0 aliphatic carbocycles. The first kappa shape index (κ1) is 15.6. The van der Waals surface area contributed by atoms with Crippen LogP contribution in [0.2, 0.25) is 0 Å². The van der Waals surface area contributed by atoms with Crippen LogP contribution in [0.25, 0.3) is 0 Å². The lowest BCUT2D eigenvalue weighted by Crippen LogP contribution is -3.15. The maximum Gasteiger partial charge on any atom is 0.352 e. The molecule has 23 heavy (non-hydrogen) atoms. The molecule has 0 aromatic heterocycles. The van der Waals surface area contributed by atoms with E-state index in [4.69, 9.17) is 14.9 Å². The summed E-state index contributed by atoms with van der Waals surface area (Å²) in [5, 5.41) is 10.7. The van der Waals surface area contributed by atoms with Crippen molar-refractivity contribution in [2.45, 2.75) is 5.92 Å². The zero-order valence-electron chi connectivity index (χ0n) is 12.8. The van der Waals surface area contributed by atoms with Crippen LogP contribution in [0, 0.1) is 5.41 Å². The topological polar surface area (TPSA) is 92.9 Å². The number of para-hydroxylation sites is 1. The number of anilines is 1. The number of nitrogens with one attached hydrogen (secondary N) is 3. The quantitative estimate of drug-likeness (QED) is 0.634. The van der Waals surface area contributed by atoms with Gasteiger partial charge >= 0.3 is 5.97 Å². The molecule has 1 atom stereocenters. The zero-order valence-corrected chi connectivity index (χ0v) is 12.8. The Morgan fingerprint density at radius 2 is 2.04 bits per heavy atom. The summed E-state index contributed by atoms with van der Waals surface area (Å²) in [6.45, 7) is 3.54. The van der Waals surface area contributed by atoms with Crippen LogP contribution >= 0.6 is 0 Å². The Morgan fingerprint density at radius 1 is 1.30 bits per heavy atom. The lowest BCUT2D eigenvalue weighted by atomic mass is 9.95. The van der Waals surface area contributed by atoms with Crippen LogP contribution in [0.5, 0.6) is 0 Å². The van der Waals surface area contributed by atoms with E-state index in [-0.39, 0.29) is 18.2 Å². The van der Waals surface area contributed by atoms with Gasteiger partial charge in [-0.05, 0) is 11.6 Å². The fourth-order valence-electron chi connectivity index (χ4n) is 2.88. The second-order valence-corrected chi connectivity index (χ2v) is 5.74. The highest BCUT2D eigenvalue weighted by molar-refractivity contribution is 6.39. The normalized spacial score (nSPS) is 22.0. The van der Waals surface area contributed by atoms with E-state index in [1.807, 2.05) is 18.2 Å². The summed E-state index contributed by atoms with van der Waals surface area (Å²) in [4.78, 5) is 24.9. The fourth-order valence-corrected chi connectivity index (χ4v) is 2.88. The number of benzene rings is 1. The van der Waals surface area contributed by atoms with Gasteiger partial charge in [0.05, 0.1) is 19.1 Å². The van der Waals surface area contributed by atoms with Crippen LogP contribution in [0.1, 0.15) is 11.5 Å². The van der Waals surface area contributed by atoms with Crippen molar-refractivity contribution in [1.82, 2.24) is 0 Å². The fraction of sp³-hybridized carbons (Fsp3) is 0.438. The van der Waals surface area contributed by atoms with Crippen molar-refractivity contribution in [1.29, 1.82) is 5.41 Å². The number of carbonyl (C=O) groups is 2. The summed E-state index contributed by atoms with van der Waals surface area (Å²) in [6, 6.07) is 7.26. The van der Waals surface area contributed by atoms with Gasteiger partial charge in [-0.25, -0.2) is 4.79 Å². The third kappa shape index (κ3) is 3.57. The Labute approximate surface area is 134 Å². The van der Waals surface area contributed by atoms with E-state index in [0.29, 0.717) is 25.4 Å². The molecule has 7 heteroatoms. The molecule has 0 unspecified atom stereocenters. The third-order valence-electron chi connectivity index (χ3n) is 4.17. The standard InChI is InChI=1S/C16H19N3O4/c17-15-12(10-23-16(15)21)11-3-1-2-4-13(11)18-14(20)9-19-5-7-22-8-6-19/h1-4,12,17H,5-10H2,(H,18,20)/p+1/t12-/m1/s1. The van der Waals surface area contributed by atoms with E-state index in [1.54, 1.807) is 6.07 Å². The van der Waals surface area contributed by atoms with Crippen LogP contribution < -0.4 is 10.2 Å². The highest BCUT2D eigenvalue weighted by atomic mass is 16.5. The number of esters is 1. The Bertz CT molecular complexity index is 626. The van der Waals surface area contributed by atoms with Gasteiger partial charge in [-0.2, -0.15) is 0 Å². The van der Waals surface area contributed by atoms with Crippen LogP contribution in [0.3, 0.4) is 0 Å². The molecule has 2 fully saturated rings. The van der Waals surface area contributed by atoms with E-state index < -0.39 is 11.9 Å². The molecule has 0 bridgehead atoms. The van der Waals surface area contributed by atoms with Crippen molar-refractivity contribution in [2.75, 3.05) is 44.8 Å². The largest absolute Gasteiger partial charge is 0.460 e. The second-order valence-electron chi connectivity index (χ2n) is 5.74. The number of hydrogen-bond acceptors (Lipinski definition) is 5. The number of carbonyl (C=O) groups excluding carboxylic acids is 2. The maximum atomic E-state index is 12.3. The zero-order chi connectivity index (χ0) is 16.2. The Kier molecular flexibility index (Phi) is 4.68. The Balaban J connectivity index is 1.69. The van der Waals surface area contributed by atoms with E-state index in [9.17, 15) is 9.59 Å². The molecule has 7 nitrogen and oxygen atoms in total. The second kappa shape index (κ2) is 6.89. The van der Waals surface area contributed by atoms with Gasteiger partial charge in [0.1, 0.15) is 25.4 Å². The predicted molar refractivity (Wildman–Crippen MR) is 82.9 cm³/mol. The number of morpholine rings is 1. The molecule has 1 aromatic carbocycles. The van der Waals surface area contributed by atoms with Gasteiger partial charge in [-0.1, -0.05) is 18.2 Å². The van der Waals surface area contributed by atoms with Crippen molar-refractivity contribution >= 4 is 23.3 Å². The van der Waals surface area contributed by atoms with E-state index >= 15 is 0 Å². The molecule has 1 aromatic rings. The van der Waals surface area contributed by atoms with Crippen molar-refractivity contribution < 1.29 is 24.0 Å². The van der Waals surface area contributed by atoms with E-state index in [1.165, 1.54) is 4.90 Å². The van der Waals surface area contributed by atoms with Gasteiger partial charge in [0, 0.05) is 5.69 Å². The molecular weight excluding hydrogens is 298 g/mol. The predicted octanol–water partition coefficient (Wildman–Crippen LogP) is -0.800. The Morgan fingerprint density at radius 3 is 2.74 bits per heavy atom. The first-order valence-electron chi connectivity index (χ1n) is 7.71. The summed E-state index contributed by atoms with van der Waals surface area (Å²) >= 11 is 0. The molecule has 3 rings (SSSR count). The van der Waals surface area contributed by atoms with Gasteiger partial charge in [-0.15, -0.1) is 0 Å². The highest BCUT2D eigenvalue weighted by Crippen LogP contribution is 2.29. The average Bonchev–Trinajstić information content (AvgIpc) is 2.88. The molecule has 122 valence electrons. The molecule has 2 aliphatic heterocycles. The molecule has 2 saturated heterocycles. The molecule has 2 heterocycles. The van der Waals surface area contributed by atoms with Crippen molar-refractivity contribution in [2.24, 2.45) is 0 Å². The molecule has 0 spiro atoms. The summed E-state index contributed by atoms with van der Waals surface area (Å²) in [5.41, 5.74) is 1.32. The van der Waals surface area contributed by atoms with E-state index in [2.05, 4.69) is 5.32 Å². The number of hydrogen-bond donors (Lipinski definition) is 3. The SMILES string of the molecule is N=C1C(=O)OC[C@@H]1c1ccccc1NC(=O)C[NH+]1CCOCC1. The maximum absolute atomic E-state index is 12.3. The number of ether oxygens (including phenoxy) is 2. The average molecular weight is 318 g/mol. The lowest BCUT2D eigenvalue weighted by Gasteiger charge is -2.23. The lowest BCUT2D eigenvalue weighted by molar-refractivity contribution is -0.899. The van der Waals surface area contributed by atoms with Gasteiger partial charge in [0.25, 0.3) is 5.91 Å². The van der Waals surface area contributed by atoms with Crippen molar-refractivity contribution in [3.05, 3.63) is 29.8 Å². The third-order valence-corrected chi connectivity index (χ3v) is 4.17. The van der Waals surface area contributed by atoms with Gasteiger partial charge in [0.2, 0.25) is 0 Å². The van der Waals surface area contributed by atoms with Crippen LogP contribution in [0.15, 0.2) is 24.3 Å². The highest BCUT2D eigenvalue weighted by Gasteiger charge is 2.33. The van der Waals surface area contributed by atoms with Gasteiger partial charge in [-0.3, -0.25) is 10.2 Å². The van der Waals surface area contributed by atoms with Crippen LogP contribution in [-0.2, 0) is 19.1 Å². The summed E-state index contributed by atoms with van der Waals surface area (Å²) in [5.74, 6) is -1.09. The Hall–Kier alpha value is -2.25. The van der Waals surface area contributed by atoms with Crippen molar-refractivity contribution in [3.8, 4) is 0 Å². The smallest absolute Gasteiger partial charge is 0.352 e. The first-order valence-corrected chi connectivity index (χ1v) is 7.71. The van der Waals surface area contributed by atoms with Crippen molar-refractivity contribution in [3.63, 3.8) is 0 Å². The minimum Gasteiger partial charge on any atom is -0.460 e. The summed E-state index contributed by atoms with van der Waals surface area (Å²) < 4.78 is 10.2. The number of quaternary nitrogens is 1. The molecule has 0 saturated carbocycles. The minimum atomic E-state index is -0.589. The summed E-state index contributed by atoms with van der Waals surface area (Å²) in [7, 11) is 0.